The molecular formula is C26H32N4O4S. The van der Waals surface area contributed by atoms with E-state index in [0.29, 0.717) is 53.7 Å². The van der Waals surface area contributed by atoms with E-state index in [1.807, 2.05) is 57.2 Å². The number of hydrogen-bond acceptors (Lipinski definition) is 6. The Morgan fingerprint density at radius 3 is 2.60 bits per heavy atom. The molecule has 1 aromatic heterocycles. The van der Waals surface area contributed by atoms with Gasteiger partial charge in [-0.1, -0.05) is 43.3 Å². The molecule has 1 fully saturated rings. The maximum Gasteiger partial charge on any atom is 0.243 e. The highest BCUT2D eigenvalue weighted by Crippen LogP contribution is 2.27. The van der Waals surface area contributed by atoms with Gasteiger partial charge in [-0.25, -0.2) is 8.42 Å². The van der Waals surface area contributed by atoms with Crippen molar-refractivity contribution < 1.29 is 17.7 Å². The lowest BCUT2D eigenvalue weighted by molar-refractivity contribution is -0.120. The van der Waals surface area contributed by atoms with Crippen molar-refractivity contribution in [1.29, 1.82) is 0 Å². The Kier molecular flexibility index (Phi) is 7.37. The van der Waals surface area contributed by atoms with Crippen LogP contribution in [0.25, 0.3) is 0 Å². The van der Waals surface area contributed by atoms with Crippen molar-refractivity contribution in [2.24, 2.45) is 5.92 Å². The van der Waals surface area contributed by atoms with Gasteiger partial charge in [0.2, 0.25) is 21.8 Å². The molecule has 0 spiro atoms. The van der Waals surface area contributed by atoms with Gasteiger partial charge < -0.3 is 9.84 Å². The van der Waals surface area contributed by atoms with Gasteiger partial charge in [-0.3, -0.25) is 4.79 Å². The normalized spacial score (nSPS) is 17.0. The van der Waals surface area contributed by atoms with Crippen molar-refractivity contribution >= 4 is 21.6 Å². The van der Waals surface area contributed by atoms with Gasteiger partial charge in [-0.2, -0.15) is 9.29 Å². The highest BCUT2D eigenvalue weighted by Gasteiger charge is 2.34. The van der Waals surface area contributed by atoms with Crippen LogP contribution in [0.2, 0.25) is 0 Å². The van der Waals surface area contributed by atoms with Crippen LogP contribution in [0.4, 0.5) is 5.69 Å². The molecule has 1 aliphatic heterocycles. The number of carbonyl (C=O) groups is 1. The van der Waals surface area contributed by atoms with Crippen LogP contribution in [-0.4, -0.2) is 41.9 Å². The summed E-state index contributed by atoms with van der Waals surface area (Å²) in [5.74, 6) is 0.846. The van der Waals surface area contributed by atoms with Gasteiger partial charge in [0.15, 0.2) is 5.82 Å². The maximum atomic E-state index is 13.3. The minimum atomic E-state index is -3.66. The summed E-state index contributed by atoms with van der Waals surface area (Å²) in [6, 6.07) is 12.9. The molecule has 186 valence electrons. The Morgan fingerprint density at radius 1 is 1.17 bits per heavy atom. The minimum Gasteiger partial charge on any atom is -0.339 e. The summed E-state index contributed by atoms with van der Waals surface area (Å²) in [7, 11) is -3.66. The third-order valence-corrected chi connectivity index (χ3v) is 8.28. The highest BCUT2D eigenvalue weighted by molar-refractivity contribution is 7.89. The van der Waals surface area contributed by atoms with Gasteiger partial charge in [0, 0.05) is 31.1 Å². The van der Waals surface area contributed by atoms with E-state index in [9.17, 15) is 13.2 Å². The second kappa shape index (κ2) is 10.3. The molecule has 1 amide bonds. The second-order valence-corrected chi connectivity index (χ2v) is 11.4. The predicted molar refractivity (Wildman–Crippen MR) is 134 cm³/mol. The van der Waals surface area contributed by atoms with Crippen LogP contribution in [0, 0.1) is 19.8 Å². The van der Waals surface area contributed by atoms with E-state index in [0.717, 1.165) is 11.1 Å². The van der Waals surface area contributed by atoms with Crippen molar-refractivity contribution in [3.63, 3.8) is 0 Å². The topological polar surface area (TPSA) is 105 Å². The second-order valence-electron chi connectivity index (χ2n) is 9.54. The van der Waals surface area contributed by atoms with Crippen molar-refractivity contribution in [2.45, 2.75) is 57.8 Å². The van der Waals surface area contributed by atoms with Crippen molar-refractivity contribution in [2.75, 3.05) is 18.4 Å². The zero-order valence-corrected chi connectivity index (χ0v) is 21.4. The first-order chi connectivity index (χ1) is 16.6. The third-order valence-electron chi connectivity index (χ3n) is 6.28. The van der Waals surface area contributed by atoms with Gasteiger partial charge in [0.25, 0.3) is 0 Å². The molecule has 0 radical (unpaired) electrons. The number of rotatable bonds is 7. The number of carbonyl (C=O) groups excluding carboxylic acids is 1. The van der Waals surface area contributed by atoms with Crippen LogP contribution in [-0.2, 0) is 21.2 Å². The van der Waals surface area contributed by atoms with Gasteiger partial charge in [-0.15, -0.1) is 0 Å². The van der Waals surface area contributed by atoms with E-state index >= 15 is 0 Å². The molecule has 3 aromatic rings. The molecule has 35 heavy (non-hydrogen) atoms. The lowest BCUT2D eigenvalue weighted by atomic mass is 9.98. The SMILES string of the molecule is Cc1ccc(C)c(S(=O)(=O)N2CCCC(C(=O)Nc3ccc(Cc4noc(C(C)C)n4)cc3)C2)c1. The molecule has 1 aliphatic rings. The number of hydrogen-bond donors (Lipinski definition) is 1. The Labute approximate surface area is 206 Å². The smallest absolute Gasteiger partial charge is 0.243 e. The molecule has 9 heteroatoms. The fourth-order valence-electron chi connectivity index (χ4n) is 4.21. The van der Waals surface area contributed by atoms with E-state index in [4.69, 9.17) is 4.52 Å². The fraction of sp³-hybridized carbons (Fsp3) is 0.423. The average Bonchev–Trinajstić information content (AvgIpc) is 3.31. The molecule has 2 heterocycles. The first kappa shape index (κ1) is 25.1. The first-order valence-electron chi connectivity index (χ1n) is 11.9. The van der Waals surface area contributed by atoms with Crippen molar-refractivity contribution in [3.8, 4) is 0 Å². The Balaban J connectivity index is 1.39. The number of aryl methyl sites for hydroxylation is 2. The molecule has 4 rings (SSSR count). The first-order valence-corrected chi connectivity index (χ1v) is 13.4. The van der Waals surface area contributed by atoms with E-state index in [1.54, 1.807) is 13.0 Å². The van der Waals surface area contributed by atoms with Crippen LogP contribution < -0.4 is 5.32 Å². The number of nitrogens with zero attached hydrogens (tertiary/aromatic N) is 3. The molecule has 1 atom stereocenters. The summed E-state index contributed by atoms with van der Waals surface area (Å²) in [5.41, 5.74) is 3.28. The molecule has 8 nitrogen and oxygen atoms in total. The quantitative estimate of drug-likeness (QED) is 0.518. The van der Waals surface area contributed by atoms with E-state index in [1.165, 1.54) is 4.31 Å². The predicted octanol–water partition coefficient (Wildman–Crippen LogP) is 4.44. The standard InChI is InChI=1S/C26H32N4O4S/c1-17(2)26-28-24(29-34-26)15-20-9-11-22(12-10-20)27-25(31)21-6-5-13-30(16-21)35(32,33)23-14-18(3)7-8-19(23)4/h7-12,14,17,21H,5-6,13,15-16H2,1-4H3,(H,27,31). The average molecular weight is 497 g/mol. The molecule has 1 unspecified atom stereocenters. The van der Waals surface area contributed by atoms with Gasteiger partial charge in [-0.05, 0) is 61.6 Å². The number of aromatic nitrogens is 2. The van der Waals surface area contributed by atoms with Crippen LogP contribution >= 0.6 is 0 Å². The fourth-order valence-corrected chi connectivity index (χ4v) is 6.04. The van der Waals surface area contributed by atoms with Gasteiger partial charge >= 0.3 is 0 Å². The van der Waals surface area contributed by atoms with Crippen LogP contribution in [0.1, 0.15) is 61.0 Å². The molecular weight excluding hydrogens is 464 g/mol. The third kappa shape index (κ3) is 5.79. The van der Waals surface area contributed by atoms with Gasteiger partial charge in [0.05, 0.1) is 10.8 Å². The molecule has 2 aromatic carbocycles. The minimum absolute atomic E-state index is 0.168. The molecule has 0 bridgehead atoms. The number of nitrogens with one attached hydrogen (secondary N) is 1. The van der Waals surface area contributed by atoms with Crippen molar-refractivity contribution in [3.05, 3.63) is 70.9 Å². The lowest BCUT2D eigenvalue weighted by Crippen LogP contribution is -2.43. The van der Waals surface area contributed by atoms with Gasteiger partial charge in [0.1, 0.15) is 0 Å². The summed E-state index contributed by atoms with van der Waals surface area (Å²) >= 11 is 0. The molecule has 0 aliphatic carbocycles. The zero-order valence-electron chi connectivity index (χ0n) is 20.6. The Hall–Kier alpha value is -3.04. The number of sulfonamides is 1. The molecule has 1 N–H and O–H groups in total. The molecule has 0 saturated carbocycles. The molecule has 1 saturated heterocycles. The maximum absolute atomic E-state index is 13.3. The Morgan fingerprint density at radius 2 is 1.91 bits per heavy atom. The van der Waals surface area contributed by atoms with E-state index in [2.05, 4.69) is 15.5 Å². The van der Waals surface area contributed by atoms with Crippen LogP contribution in [0.3, 0.4) is 0 Å². The summed E-state index contributed by atoms with van der Waals surface area (Å²) in [4.78, 5) is 17.7. The van der Waals surface area contributed by atoms with Crippen LogP contribution in [0.5, 0.6) is 0 Å². The number of benzene rings is 2. The monoisotopic (exact) mass is 496 g/mol. The Bertz CT molecular complexity index is 1300. The lowest BCUT2D eigenvalue weighted by Gasteiger charge is -2.31. The highest BCUT2D eigenvalue weighted by atomic mass is 32.2. The zero-order chi connectivity index (χ0) is 25.2. The van der Waals surface area contributed by atoms with E-state index < -0.39 is 15.9 Å². The van der Waals surface area contributed by atoms with E-state index in [-0.39, 0.29) is 18.4 Å². The van der Waals surface area contributed by atoms with Crippen LogP contribution in [0.15, 0.2) is 51.9 Å². The summed E-state index contributed by atoms with van der Waals surface area (Å²) in [6.45, 7) is 8.27. The largest absolute Gasteiger partial charge is 0.339 e. The number of anilines is 1. The number of amides is 1. The summed E-state index contributed by atoms with van der Waals surface area (Å²) < 4.78 is 33.3. The number of piperidine rings is 1. The summed E-state index contributed by atoms with van der Waals surface area (Å²) in [6.07, 6.45) is 1.83. The van der Waals surface area contributed by atoms with Crippen molar-refractivity contribution in [1.82, 2.24) is 14.4 Å². The summed E-state index contributed by atoms with van der Waals surface area (Å²) in [5, 5.41) is 6.96.